The van der Waals surface area contributed by atoms with Crippen molar-refractivity contribution in [2.75, 3.05) is 12.5 Å². The Morgan fingerprint density at radius 1 is 1.25 bits per heavy atom. The van der Waals surface area contributed by atoms with Crippen LogP contribution in [-0.4, -0.2) is 18.6 Å². The van der Waals surface area contributed by atoms with Gasteiger partial charge >= 0.3 is 0 Å². The molecule has 0 fully saturated rings. The summed E-state index contributed by atoms with van der Waals surface area (Å²) in [7, 11) is 0. The minimum absolute atomic E-state index is 0.266. The first-order chi connectivity index (χ1) is 7.65. The Hall–Kier alpha value is -0.240. The van der Waals surface area contributed by atoms with Gasteiger partial charge < -0.3 is 4.74 Å². The maximum atomic E-state index is 6.14. The molecule has 0 amide bonds. The lowest BCUT2D eigenvalue weighted by Gasteiger charge is -2.16. The van der Waals surface area contributed by atoms with Crippen molar-refractivity contribution in [1.29, 1.82) is 0 Å². The summed E-state index contributed by atoms with van der Waals surface area (Å²) in [5.41, 5.74) is 1.12. The molecule has 0 saturated heterocycles. The van der Waals surface area contributed by atoms with Crippen LogP contribution in [0, 0.1) is 0 Å². The molecular formula is C13H18Cl2O. The number of ether oxygens (including phenoxy) is 1. The van der Waals surface area contributed by atoms with Crippen molar-refractivity contribution in [2.45, 2.75) is 32.3 Å². The van der Waals surface area contributed by atoms with Crippen LogP contribution in [0.2, 0.25) is 5.02 Å². The van der Waals surface area contributed by atoms with E-state index in [1.54, 1.807) is 0 Å². The number of hydrogen-bond donors (Lipinski definition) is 0. The van der Waals surface area contributed by atoms with E-state index >= 15 is 0 Å². The van der Waals surface area contributed by atoms with Crippen molar-refractivity contribution in [3.63, 3.8) is 0 Å². The van der Waals surface area contributed by atoms with Gasteiger partial charge in [-0.25, -0.2) is 0 Å². The van der Waals surface area contributed by atoms with Gasteiger partial charge in [0.05, 0.1) is 6.10 Å². The van der Waals surface area contributed by atoms with Gasteiger partial charge in [-0.3, -0.25) is 0 Å². The van der Waals surface area contributed by atoms with Crippen LogP contribution in [0.4, 0.5) is 0 Å². The third-order valence-electron chi connectivity index (χ3n) is 2.45. The fourth-order valence-corrected chi connectivity index (χ4v) is 2.18. The molecule has 0 bridgehead atoms. The zero-order valence-corrected chi connectivity index (χ0v) is 11.3. The predicted octanol–water partition coefficient (Wildman–Crippen LogP) is 4.48. The molecule has 1 atom stereocenters. The van der Waals surface area contributed by atoms with Crippen LogP contribution in [-0.2, 0) is 4.74 Å². The fourth-order valence-electron chi connectivity index (χ4n) is 1.57. The van der Waals surface area contributed by atoms with Crippen LogP contribution in [0.15, 0.2) is 24.3 Å². The topological polar surface area (TPSA) is 9.23 Å². The second-order valence-corrected chi connectivity index (χ2v) is 4.80. The highest BCUT2D eigenvalue weighted by Crippen LogP contribution is 2.28. The number of hydrogen-bond acceptors (Lipinski definition) is 1. The molecule has 0 aromatic heterocycles. The molecule has 0 aliphatic rings. The Balaban J connectivity index is 2.57. The monoisotopic (exact) mass is 260 g/mol. The maximum absolute atomic E-state index is 6.14. The van der Waals surface area contributed by atoms with Crippen molar-refractivity contribution >= 4 is 23.2 Å². The first kappa shape index (κ1) is 13.8. The predicted molar refractivity (Wildman–Crippen MR) is 70.6 cm³/mol. The summed E-state index contributed by atoms with van der Waals surface area (Å²) >= 11 is 12.1. The third kappa shape index (κ3) is 4.32. The molecule has 1 nitrogen and oxygen atoms in total. The van der Waals surface area contributed by atoms with Gasteiger partial charge in [-0.2, -0.15) is 0 Å². The summed E-state index contributed by atoms with van der Waals surface area (Å²) < 4.78 is 5.53. The van der Waals surface area contributed by atoms with Crippen molar-refractivity contribution in [3.8, 4) is 0 Å². The number of alkyl halides is 1. The second kappa shape index (κ2) is 7.16. The minimum atomic E-state index is 0.266. The zero-order chi connectivity index (χ0) is 12.0. The summed E-state index contributed by atoms with van der Waals surface area (Å²) in [6.45, 7) is 4.79. The van der Waals surface area contributed by atoms with Crippen molar-refractivity contribution in [3.05, 3.63) is 34.9 Å². The molecule has 0 heterocycles. The Bertz CT molecular complexity index is 313. The highest BCUT2D eigenvalue weighted by molar-refractivity contribution is 6.31. The summed E-state index contributed by atoms with van der Waals surface area (Å²) in [6, 6.07) is 7.86. The molecule has 0 radical (unpaired) electrons. The first-order valence-corrected chi connectivity index (χ1v) is 6.48. The summed E-state index contributed by atoms with van der Waals surface area (Å²) in [6.07, 6.45) is 1.17. The summed E-state index contributed by atoms with van der Waals surface area (Å²) in [4.78, 5) is 0. The quantitative estimate of drug-likeness (QED) is 0.686. The van der Waals surface area contributed by atoms with Crippen LogP contribution >= 0.6 is 23.2 Å². The van der Waals surface area contributed by atoms with Crippen LogP contribution in [0.25, 0.3) is 0 Å². The molecule has 3 heteroatoms. The molecule has 1 aromatic rings. The SMILES string of the molecule is CC(C)OCCC(CCl)c1ccccc1Cl. The Morgan fingerprint density at radius 3 is 2.50 bits per heavy atom. The minimum Gasteiger partial charge on any atom is -0.379 e. The molecular weight excluding hydrogens is 243 g/mol. The van der Waals surface area contributed by atoms with Gasteiger partial charge in [-0.1, -0.05) is 29.8 Å². The molecule has 0 spiro atoms. The van der Waals surface area contributed by atoms with Crippen molar-refractivity contribution < 1.29 is 4.74 Å². The standard InChI is InChI=1S/C13H18Cl2O/c1-10(2)16-8-7-11(9-14)12-5-3-4-6-13(12)15/h3-6,10-11H,7-9H2,1-2H3. The average Bonchev–Trinajstić information content (AvgIpc) is 2.25. The largest absolute Gasteiger partial charge is 0.379 e. The summed E-state index contributed by atoms with van der Waals surface area (Å²) in [5.74, 6) is 0.847. The Kier molecular flexibility index (Phi) is 6.18. The highest BCUT2D eigenvalue weighted by atomic mass is 35.5. The van der Waals surface area contributed by atoms with Crippen LogP contribution in [0.3, 0.4) is 0 Å². The second-order valence-electron chi connectivity index (χ2n) is 4.08. The van der Waals surface area contributed by atoms with Gasteiger partial charge in [0.1, 0.15) is 0 Å². The molecule has 0 N–H and O–H groups in total. The molecule has 1 unspecified atom stereocenters. The van der Waals surface area contributed by atoms with E-state index in [1.807, 2.05) is 38.1 Å². The van der Waals surface area contributed by atoms with E-state index < -0.39 is 0 Å². The van der Waals surface area contributed by atoms with Crippen LogP contribution < -0.4 is 0 Å². The van der Waals surface area contributed by atoms with E-state index in [0.29, 0.717) is 5.88 Å². The average molecular weight is 261 g/mol. The van der Waals surface area contributed by atoms with E-state index in [1.165, 1.54) is 0 Å². The molecule has 16 heavy (non-hydrogen) atoms. The van der Waals surface area contributed by atoms with Crippen LogP contribution in [0.1, 0.15) is 31.7 Å². The van der Waals surface area contributed by atoms with E-state index in [0.717, 1.165) is 23.6 Å². The Labute approximate surface area is 108 Å². The number of benzene rings is 1. The van der Waals surface area contributed by atoms with Crippen molar-refractivity contribution in [2.24, 2.45) is 0 Å². The normalized spacial score (nSPS) is 13.1. The molecule has 0 aliphatic carbocycles. The summed E-state index contributed by atoms with van der Waals surface area (Å²) in [5, 5.41) is 0.790. The number of halogens is 2. The van der Waals surface area contributed by atoms with Gasteiger partial charge in [0.15, 0.2) is 0 Å². The molecule has 1 aromatic carbocycles. The van der Waals surface area contributed by atoms with E-state index in [-0.39, 0.29) is 12.0 Å². The van der Waals surface area contributed by atoms with Gasteiger partial charge in [0.25, 0.3) is 0 Å². The van der Waals surface area contributed by atoms with E-state index in [2.05, 4.69) is 0 Å². The van der Waals surface area contributed by atoms with Crippen LogP contribution in [0.5, 0.6) is 0 Å². The van der Waals surface area contributed by atoms with Gasteiger partial charge in [0.2, 0.25) is 0 Å². The van der Waals surface area contributed by atoms with E-state index in [4.69, 9.17) is 27.9 Å². The van der Waals surface area contributed by atoms with Gasteiger partial charge in [-0.15, -0.1) is 11.6 Å². The third-order valence-corrected chi connectivity index (χ3v) is 3.17. The smallest absolute Gasteiger partial charge is 0.0518 e. The zero-order valence-electron chi connectivity index (χ0n) is 9.75. The van der Waals surface area contributed by atoms with E-state index in [9.17, 15) is 0 Å². The van der Waals surface area contributed by atoms with Crippen molar-refractivity contribution in [1.82, 2.24) is 0 Å². The lowest BCUT2D eigenvalue weighted by molar-refractivity contribution is 0.0743. The molecule has 0 saturated carbocycles. The van der Waals surface area contributed by atoms with Gasteiger partial charge in [-0.05, 0) is 31.9 Å². The first-order valence-electron chi connectivity index (χ1n) is 5.57. The molecule has 1 rings (SSSR count). The number of rotatable bonds is 6. The molecule has 0 aliphatic heterocycles. The fraction of sp³-hybridized carbons (Fsp3) is 0.538. The maximum Gasteiger partial charge on any atom is 0.0518 e. The van der Waals surface area contributed by atoms with Gasteiger partial charge in [0, 0.05) is 23.4 Å². The molecule has 90 valence electrons. The highest BCUT2D eigenvalue weighted by Gasteiger charge is 2.13. The Morgan fingerprint density at radius 2 is 1.94 bits per heavy atom. The lowest BCUT2D eigenvalue weighted by atomic mass is 9.98. The lowest BCUT2D eigenvalue weighted by Crippen LogP contribution is -2.09.